The lowest BCUT2D eigenvalue weighted by molar-refractivity contribution is -0.118. The fourth-order valence-corrected chi connectivity index (χ4v) is 5.11. The quantitative estimate of drug-likeness (QED) is 0.320. The first kappa shape index (κ1) is 23.1. The molecule has 0 spiro atoms. The van der Waals surface area contributed by atoms with E-state index in [0.717, 1.165) is 40.3 Å². The van der Waals surface area contributed by atoms with E-state index in [-0.39, 0.29) is 5.91 Å². The average Bonchev–Trinajstić information content (AvgIpc) is 3.26. The molecule has 0 bridgehead atoms. The molecule has 0 aliphatic carbocycles. The van der Waals surface area contributed by atoms with Gasteiger partial charge in [-0.15, -0.1) is 0 Å². The number of amides is 1. The smallest absolute Gasteiger partial charge is 0.233 e. The van der Waals surface area contributed by atoms with E-state index in [1.165, 1.54) is 15.8 Å². The van der Waals surface area contributed by atoms with Crippen molar-refractivity contribution in [3.05, 3.63) is 83.4 Å². The minimum Gasteiger partial charge on any atom is -0.309 e. The molecule has 5 heteroatoms. The predicted molar refractivity (Wildman–Crippen MR) is 140 cm³/mol. The molecule has 0 saturated heterocycles. The monoisotopic (exact) mass is 457 g/mol. The first-order valence-electron chi connectivity index (χ1n) is 11.4. The van der Waals surface area contributed by atoms with Crippen LogP contribution in [0.1, 0.15) is 23.1 Å². The average molecular weight is 458 g/mol. The molecule has 1 heterocycles. The summed E-state index contributed by atoms with van der Waals surface area (Å²) in [6.45, 7) is 5.78. The van der Waals surface area contributed by atoms with Crippen LogP contribution < -0.4 is 4.90 Å². The second-order valence-electron chi connectivity index (χ2n) is 8.82. The molecule has 0 aliphatic heterocycles. The molecule has 0 N–H and O–H groups in total. The molecule has 3 aromatic carbocycles. The van der Waals surface area contributed by atoms with Gasteiger partial charge in [0.05, 0.1) is 16.6 Å². The number of rotatable bonds is 8. The summed E-state index contributed by atoms with van der Waals surface area (Å²) in [5.74, 6) is 0.0931. The van der Waals surface area contributed by atoms with Crippen molar-refractivity contribution in [1.82, 2.24) is 9.88 Å². The van der Waals surface area contributed by atoms with Crippen LogP contribution in [0.5, 0.6) is 0 Å². The van der Waals surface area contributed by atoms with E-state index in [1.54, 1.807) is 11.3 Å². The zero-order valence-electron chi connectivity index (χ0n) is 19.8. The Hall–Kier alpha value is -3.02. The van der Waals surface area contributed by atoms with Crippen molar-refractivity contribution in [2.45, 2.75) is 26.7 Å². The Bertz CT molecular complexity index is 1190. The summed E-state index contributed by atoms with van der Waals surface area (Å²) in [5, 5.41) is 0.798. The highest BCUT2D eigenvalue weighted by Gasteiger charge is 2.21. The molecular weight excluding hydrogens is 426 g/mol. The van der Waals surface area contributed by atoms with Crippen LogP contribution in [-0.2, 0) is 11.2 Å². The second kappa shape index (κ2) is 10.3. The Labute approximate surface area is 200 Å². The number of carbonyl (C=O) groups is 1. The molecule has 0 saturated carbocycles. The van der Waals surface area contributed by atoms with Gasteiger partial charge in [0.2, 0.25) is 5.91 Å². The number of anilines is 1. The Balaban J connectivity index is 1.57. The molecule has 170 valence electrons. The van der Waals surface area contributed by atoms with Crippen molar-refractivity contribution in [2.75, 3.05) is 32.1 Å². The first-order valence-corrected chi connectivity index (χ1v) is 12.2. The number of aromatic nitrogens is 1. The number of benzene rings is 3. The molecule has 0 fully saturated rings. The minimum atomic E-state index is 0.0931. The highest BCUT2D eigenvalue weighted by atomic mass is 32.1. The summed E-state index contributed by atoms with van der Waals surface area (Å²) in [5.41, 5.74) is 6.72. The van der Waals surface area contributed by atoms with Crippen LogP contribution in [0, 0.1) is 13.8 Å². The lowest BCUT2D eigenvalue weighted by Crippen LogP contribution is -2.34. The summed E-state index contributed by atoms with van der Waals surface area (Å²) in [7, 11) is 4.12. The van der Waals surface area contributed by atoms with Crippen molar-refractivity contribution in [3.8, 4) is 11.1 Å². The number of nitrogens with zero attached hydrogens (tertiary/aromatic N) is 3. The van der Waals surface area contributed by atoms with E-state index in [1.807, 2.05) is 23.1 Å². The summed E-state index contributed by atoms with van der Waals surface area (Å²) >= 11 is 1.62. The number of fused-ring (bicyclic) bond motifs is 1. The molecule has 33 heavy (non-hydrogen) atoms. The van der Waals surface area contributed by atoms with Crippen LogP contribution in [0.4, 0.5) is 5.13 Å². The van der Waals surface area contributed by atoms with Crippen molar-refractivity contribution >= 4 is 32.6 Å². The third kappa shape index (κ3) is 5.49. The largest absolute Gasteiger partial charge is 0.309 e. The SMILES string of the molecule is Cc1ccc(C)c2sc(N(CCCN(C)C)C(=O)Cc3ccc(-c4ccccc4)cc3)nc12. The fourth-order valence-electron chi connectivity index (χ4n) is 3.95. The molecule has 4 nitrogen and oxygen atoms in total. The van der Waals surface area contributed by atoms with Crippen LogP contribution in [0.25, 0.3) is 21.3 Å². The van der Waals surface area contributed by atoms with E-state index >= 15 is 0 Å². The first-order chi connectivity index (χ1) is 15.9. The number of carbonyl (C=O) groups excluding carboxylic acids is 1. The van der Waals surface area contributed by atoms with E-state index in [9.17, 15) is 4.79 Å². The Morgan fingerprint density at radius 3 is 2.18 bits per heavy atom. The summed E-state index contributed by atoms with van der Waals surface area (Å²) < 4.78 is 1.17. The van der Waals surface area contributed by atoms with Crippen LogP contribution in [0.15, 0.2) is 66.7 Å². The van der Waals surface area contributed by atoms with Crippen LogP contribution in [0.2, 0.25) is 0 Å². The van der Waals surface area contributed by atoms with Gasteiger partial charge in [0, 0.05) is 6.54 Å². The van der Waals surface area contributed by atoms with Gasteiger partial charge in [-0.25, -0.2) is 4.98 Å². The second-order valence-corrected chi connectivity index (χ2v) is 9.79. The lowest BCUT2D eigenvalue weighted by Gasteiger charge is -2.21. The summed E-state index contributed by atoms with van der Waals surface area (Å²) in [4.78, 5) is 22.4. The Morgan fingerprint density at radius 1 is 0.848 bits per heavy atom. The van der Waals surface area contributed by atoms with E-state index < -0.39 is 0 Å². The van der Waals surface area contributed by atoms with Gasteiger partial charge in [0.15, 0.2) is 5.13 Å². The predicted octanol–water partition coefficient (Wildman–Crippen LogP) is 6.11. The Morgan fingerprint density at radius 2 is 1.52 bits per heavy atom. The summed E-state index contributed by atoms with van der Waals surface area (Å²) in [6.07, 6.45) is 1.27. The fraction of sp³-hybridized carbons (Fsp3) is 0.286. The van der Waals surface area contributed by atoms with Crippen LogP contribution in [-0.4, -0.2) is 43.0 Å². The zero-order chi connectivity index (χ0) is 23.4. The van der Waals surface area contributed by atoms with Crippen LogP contribution in [0.3, 0.4) is 0 Å². The molecule has 0 aliphatic rings. The van der Waals surface area contributed by atoms with Crippen molar-refractivity contribution in [2.24, 2.45) is 0 Å². The van der Waals surface area contributed by atoms with Gasteiger partial charge >= 0.3 is 0 Å². The molecule has 0 atom stereocenters. The molecular formula is C28H31N3OS. The van der Waals surface area contributed by atoms with E-state index in [4.69, 9.17) is 4.98 Å². The maximum atomic E-state index is 13.5. The van der Waals surface area contributed by atoms with Crippen molar-refractivity contribution in [1.29, 1.82) is 0 Å². The molecule has 4 aromatic rings. The van der Waals surface area contributed by atoms with Crippen molar-refractivity contribution < 1.29 is 4.79 Å². The third-order valence-electron chi connectivity index (χ3n) is 5.87. The zero-order valence-corrected chi connectivity index (χ0v) is 20.7. The van der Waals surface area contributed by atoms with Gasteiger partial charge in [-0.3, -0.25) is 9.69 Å². The topological polar surface area (TPSA) is 36.4 Å². The van der Waals surface area contributed by atoms with Gasteiger partial charge < -0.3 is 4.90 Å². The number of thiazole rings is 1. The van der Waals surface area contributed by atoms with E-state index in [2.05, 4.69) is 81.4 Å². The number of hydrogen-bond acceptors (Lipinski definition) is 4. The summed E-state index contributed by atoms with van der Waals surface area (Å²) in [6, 6.07) is 22.9. The molecule has 1 aromatic heterocycles. The molecule has 4 rings (SSSR count). The van der Waals surface area contributed by atoms with Crippen molar-refractivity contribution in [3.63, 3.8) is 0 Å². The minimum absolute atomic E-state index is 0.0931. The van der Waals surface area contributed by atoms with Crippen LogP contribution >= 0.6 is 11.3 Å². The molecule has 0 unspecified atom stereocenters. The van der Waals surface area contributed by atoms with E-state index in [0.29, 0.717) is 13.0 Å². The normalized spacial score (nSPS) is 11.3. The highest BCUT2D eigenvalue weighted by Crippen LogP contribution is 2.33. The molecule has 0 radical (unpaired) electrons. The highest BCUT2D eigenvalue weighted by molar-refractivity contribution is 7.22. The third-order valence-corrected chi connectivity index (χ3v) is 7.08. The standard InChI is InChI=1S/C28H31N3OS/c1-20-11-12-21(2)27-26(20)29-28(33-27)31(18-8-17-30(3)4)25(32)19-22-13-15-24(16-14-22)23-9-6-5-7-10-23/h5-7,9-16H,8,17-19H2,1-4H3. The maximum Gasteiger partial charge on any atom is 0.233 e. The molecule has 1 amide bonds. The number of aryl methyl sites for hydroxylation is 2. The van der Waals surface area contributed by atoms with Gasteiger partial charge in [0.1, 0.15) is 0 Å². The maximum absolute atomic E-state index is 13.5. The van der Waals surface area contributed by atoms with Gasteiger partial charge in [-0.2, -0.15) is 0 Å². The number of hydrogen-bond donors (Lipinski definition) is 0. The van der Waals surface area contributed by atoms with Gasteiger partial charge in [-0.1, -0.05) is 78.1 Å². The van der Waals surface area contributed by atoms with Gasteiger partial charge in [-0.05, 0) is 68.7 Å². The van der Waals surface area contributed by atoms with Gasteiger partial charge in [0.25, 0.3) is 0 Å². The lowest BCUT2D eigenvalue weighted by atomic mass is 10.0. The Kier molecular flexibility index (Phi) is 7.21.